The molecule has 17 heavy (non-hydrogen) atoms. The lowest BCUT2D eigenvalue weighted by atomic mass is 10.2. The maximum Gasteiger partial charge on any atom is 0.328 e. The van der Waals surface area contributed by atoms with Crippen molar-refractivity contribution < 1.29 is 18.3 Å². The van der Waals surface area contributed by atoms with Crippen molar-refractivity contribution in [3.63, 3.8) is 0 Å². The number of carboxylic acid groups (broad SMARTS) is 1. The third-order valence-corrected chi connectivity index (χ3v) is 3.98. The van der Waals surface area contributed by atoms with E-state index in [1.807, 2.05) is 0 Å². The summed E-state index contributed by atoms with van der Waals surface area (Å²) in [6, 6.07) is -1.01. The molecule has 0 aliphatic rings. The lowest BCUT2D eigenvalue weighted by Gasteiger charge is -2.10. The van der Waals surface area contributed by atoms with E-state index >= 15 is 0 Å². The summed E-state index contributed by atoms with van der Waals surface area (Å²) in [6.07, 6.45) is 0.231. The van der Waals surface area contributed by atoms with E-state index in [1.165, 1.54) is 6.92 Å². The van der Waals surface area contributed by atoms with Crippen molar-refractivity contribution in [1.29, 1.82) is 0 Å². The third kappa shape index (κ3) is 2.38. The Kier molecular flexibility index (Phi) is 3.71. The van der Waals surface area contributed by atoms with Crippen LogP contribution in [0.15, 0.2) is 5.03 Å². The maximum absolute atomic E-state index is 11.6. The summed E-state index contributed by atoms with van der Waals surface area (Å²) in [6.45, 7) is 3.08. The molecule has 0 spiro atoms. The van der Waals surface area contributed by atoms with Crippen LogP contribution in [0.5, 0.6) is 0 Å². The Hall–Kier alpha value is -1.64. The van der Waals surface area contributed by atoms with E-state index in [-0.39, 0.29) is 23.0 Å². The highest BCUT2D eigenvalue weighted by Crippen LogP contribution is 2.21. The molecule has 1 aromatic rings. The molecule has 3 N–H and O–H groups in total. The Morgan fingerprint density at radius 1 is 1.53 bits per heavy atom. The molecule has 1 unspecified atom stereocenters. The summed E-state index contributed by atoms with van der Waals surface area (Å²) in [5.41, 5.74) is 5.57. The van der Waals surface area contributed by atoms with Crippen LogP contribution in [0.2, 0.25) is 0 Å². The number of aromatic nitrogens is 3. The normalized spacial score (nSPS) is 13.5. The van der Waals surface area contributed by atoms with Gasteiger partial charge in [-0.3, -0.25) is 0 Å². The van der Waals surface area contributed by atoms with Crippen molar-refractivity contribution in [2.24, 2.45) is 0 Å². The smallest absolute Gasteiger partial charge is 0.328 e. The Morgan fingerprint density at radius 3 is 2.53 bits per heavy atom. The van der Waals surface area contributed by atoms with Gasteiger partial charge in [0.15, 0.2) is 11.9 Å². The van der Waals surface area contributed by atoms with Crippen molar-refractivity contribution in [3.8, 4) is 0 Å². The molecule has 0 radical (unpaired) electrons. The van der Waals surface area contributed by atoms with Crippen molar-refractivity contribution in [2.45, 2.75) is 31.3 Å². The van der Waals surface area contributed by atoms with E-state index in [0.717, 1.165) is 4.68 Å². The fourth-order valence-corrected chi connectivity index (χ4v) is 2.17. The van der Waals surface area contributed by atoms with Crippen LogP contribution in [-0.4, -0.2) is 40.2 Å². The third-order valence-electron chi connectivity index (χ3n) is 2.34. The second kappa shape index (κ2) is 4.70. The van der Waals surface area contributed by atoms with E-state index in [9.17, 15) is 13.2 Å². The Bertz CT molecular complexity index is 522. The number of anilines is 1. The minimum Gasteiger partial charge on any atom is -0.480 e. The van der Waals surface area contributed by atoms with Gasteiger partial charge in [-0.05, 0) is 6.42 Å². The van der Waals surface area contributed by atoms with Crippen LogP contribution in [0.3, 0.4) is 0 Å². The highest BCUT2D eigenvalue weighted by atomic mass is 32.2. The second-order valence-electron chi connectivity index (χ2n) is 3.39. The first-order valence-corrected chi connectivity index (χ1v) is 6.66. The standard InChI is InChI=1S/C8H14N4O4S/c1-3-5(8(13)14)12-6(9)7(10-11-12)17(15,16)4-2/h5H,3-4,9H2,1-2H3,(H,13,14). The van der Waals surface area contributed by atoms with Gasteiger partial charge in [0, 0.05) is 0 Å². The van der Waals surface area contributed by atoms with E-state index < -0.39 is 21.8 Å². The molecule has 0 aliphatic carbocycles. The number of sulfone groups is 1. The summed E-state index contributed by atoms with van der Waals surface area (Å²) in [5, 5.41) is 15.5. The molecule has 1 aromatic heterocycles. The van der Waals surface area contributed by atoms with E-state index in [2.05, 4.69) is 10.3 Å². The van der Waals surface area contributed by atoms with Gasteiger partial charge in [-0.25, -0.2) is 17.9 Å². The fourth-order valence-electron chi connectivity index (χ4n) is 1.33. The average molecular weight is 262 g/mol. The Balaban J connectivity index is 3.29. The van der Waals surface area contributed by atoms with Gasteiger partial charge in [0.2, 0.25) is 14.9 Å². The molecule has 0 aliphatic heterocycles. The summed E-state index contributed by atoms with van der Waals surface area (Å²) in [4.78, 5) is 10.9. The van der Waals surface area contributed by atoms with Crippen LogP contribution < -0.4 is 5.73 Å². The number of nitrogens with two attached hydrogens (primary N) is 1. The van der Waals surface area contributed by atoms with E-state index in [4.69, 9.17) is 10.8 Å². The van der Waals surface area contributed by atoms with Crippen LogP contribution in [-0.2, 0) is 14.6 Å². The van der Waals surface area contributed by atoms with Gasteiger partial charge in [-0.15, -0.1) is 5.10 Å². The largest absolute Gasteiger partial charge is 0.480 e. The van der Waals surface area contributed by atoms with Gasteiger partial charge >= 0.3 is 5.97 Å². The van der Waals surface area contributed by atoms with Gasteiger partial charge in [0.05, 0.1) is 5.75 Å². The van der Waals surface area contributed by atoms with Crippen molar-refractivity contribution in [2.75, 3.05) is 11.5 Å². The topological polar surface area (TPSA) is 128 Å². The highest BCUT2D eigenvalue weighted by Gasteiger charge is 2.27. The Morgan fingerprint density at radius 2 is 2.12 bits per heavy atom. The molecular weight excluding hydrogens is 248 g/mol. The molecule has 0 saturated heterocycles. The molecule has 96 valence electrons. The number of nitrogens with zero attached hydrogens (tertiary/aromatic N) is 3. The Labute approximate surface area is 98.3 Å². The first-order valence-electron chi connectivity index (χ1n) is 5.01. The molecule has 0 bridgehead atoms. The number of hydrogen-bond acceptors (Lipinski definition) is 6. The van der Waals surface area contributed by atoms with Gasteiger partial charge in [-0.1, -0.05) is 19.1 Å². The second-order valence-corrected chi connectivity index (χ2v) is 5.58. The zero-order valence-corrected chi connectivity index (χ0v) is 10.3. The molecule has 0 aromatic carbocycles. The predicted octanol–water partition coefficient (Wildman–Crippen LogP) is -0.310. The molecule has 0 saturated carbocycles. The quantitative estimate of drug-likeness (QED) is 0.744. The number of carboxylic acids is 1. The lowest BCUT2D eigenvalue weighted by molar-refractivity contribution is -0.141. The molecular formula is C8H14N4O4S. The predicted molar refractivity (Wildman–Crippen MR) is 59.1 cm³/mol. The van der Waals surface area contributed by atoms with Gasteiger partial charge in [0.25, 0.3) is 0 Å². The zero-order valence-electron chi connectivity index (χ0n) is 9.49. The van der Waals surface area contributed by atoms with Crippen LogP contribution in [0.1, 0.15) is 26.3 Å². The summed E-state index contributed by atoms with van der Waals surface area (Å²) >= 11 is 0. The molecule has 0 amide bonds. The zero-order chi connectivity index (χ0) is 13.2. The van der Waals surface area contributed by atoms with Crippen molar-refractivity contribution >= 4 is 21.6 Å². The molecule has 1 rings (SSSR count). The van der Waals surface area contributed by atoms with Gasteiger partial charge < -0.3 is 10.8 Å². The number of nitrogen functional groups attached to an aromatic ring is 1. The number of carbonyl (C=O) groups is 1. The summed E-state index contributed by atoms with van der Waals surface area (Å²) in [7, 11) is -3.59. The lowest BCUT2D eigenvalue weighted by Crippen LogP contribution is -2.21. The maximum atomic E-state index is 11.6. The average Bonchev–Trinajstić information content (AvgIpc) is 2.62. The van der Waals surface area contributed by atoms with Gasteiger partial charge in [-0.2, -0.15) is 0 Å². The monoisotopic (exact) mass is 262 g/mol. The van der Waals surface area contributed by atoms with Crippen LogP contribution in [0, 0.1) is 0 Å². The van der Waals surface area contributed by atoms with Crippen molar-refractivity contribution in [1.82, 2.24) is 15.0 Å². The van der Waals surface area contributed by atoms with Crippen LogP contribution >= 0.6 is 0 Å². The number of aliphatic carboxylic acids is 1. The molecule has 0 fully saturated rings. The van der Waals surface area contributed by atoms with Gasteiger partial charge in [0.1, 0.15) is 0 Å². The fraction of sp³-hybridized carbons (Fsp3) is 0.625. The summed E-state index contributed by atoms with van der Waals surface area (Å²) in [5.74, 6) is -1.54. The van der Waals surface area contributed by atoms with E-state index in [0.29, 0.717) is 0 Å². The van der Waals surface area contributed by atoms with Crippen LogP contribution in [0.25, 0.3) is 0 Å². The highest BCUT2D eigenvalue weighted by molar-refractivity contribution is 7.91. The van der Waals surface area contributed by atoms with Crippen LogP contribution in [0.4, 0.5) is 5.82 Å². The molecule has 9 heteroatoms. The first-order chi connectivity index (χ1) is 7.85. The SMILES string of the molecule is CCC(C(=O)O)n1nnc(S(=O)(=O)CC)c1N. The number of rotatable bonds is 5. The first kappa shape index (κ1) is 13.4. The van der Waals surface area contributed by atoms with E-state index in [1.54, 1.807) is 6.92 Å². The molecule has 8 nitrogen and oxygen atoms in total. The minimum absolute atomic E-state index is 0.167. The molecule has 1 atom stereocenters. The van der Waals surface area contributed by atoms with Crippen molar-refractivity contribution in [3.05, 3.63) is 0 Å². The number of hydrogen-bond donors (Lipinski definition) is 2. The minimum atomic E-state index is -3.59. The molecule has 1 heterocycles. The summed E-state index contributed by atoms with van der Waals surface area (Å²) < 4.78 is 24.1.